The highest BCUT2D eigenvalue weighted by atomic mass is 28.4. The molecule has 5 heteroatoms. The molecule has 0 N–H and O–H groups in total. The van der Waals surface area contributed by atoms with Crippen LogP contribution >= 0.6 is 0 Å². The first kappa shape index (κ1) is 19.1. The summed E-state index contributed by atoms with van der Waals surface area (Å²) in [6.07, 6.45) is 0.997. The van der Waals surface area contributed by atoms with Gasteiger partial charge in [-0.2, -0.15) is 0 Å². The quantitative estimate of drug-likeness (QED) is 0.549. The van der Waals surface area contributed by atoms with E-state index in [-0.39, 0.29) is 22.7 Å². The van der Waals surface area contributed by atoms with Gasteiger partial charge >= 0.3 is 5.97 Å². The Kier molecular flexibility index (Phi) is 6.16. The maximum Gasteiger partial charge on any atom is 0.334 e. The van der Waals surface area contributed by atoms with E-state index in [9.17, 15) is 9.59 Å². The van der Waals surface area contributed by atoms with Gasteiger partial charge in [0.2, 0.25) is 0 Å². The molecule has 1 unspecified atom stereocenters. The van der Waals surface area contributed by atoms with Gasteiger partial charge in [0.05, 0.1) is 6.61 Å². The van der Waals surface area contributed by atoms with Crippen molar-refractivity contribution in [3.63, 3.8) is 0 Å². The van der Waals surface area contributed by atoms with E-state index in [4.69, 9.17) is 9.16 Å². The normalized spacial score (nSPS) is 19.8. The number of carbonyl (C=O) groups is 2. The molecule has 1 aliphatic carbocycles. The zero-order valence-corrected chi connectivity index (χ0v) is 16.0. The highest BCUT2D eigenvalue weighted by Crippen LogP contribution is 2.37. The van der Waals surface area contributed by atoms with Crippen LogP contribution in [0.3, 0.4) is 0 Å². The van der Waals surface area contributed by atoms with Gasteiger partial charge in [0.25, 0.3) is 0 Å². The smallest absolute Gasteiger partial charge is 0.334 e. The molecule has 0 bridgehead atoms. The monoisotopic (exact) mass is 326 g/mol. The van der Waals surface area contributed by atoms with Crippen LogP contribution in [0.15, 0.2) is 11.1 Å². The average molecular weight is 327 g/mol. The predicted octanol–water partition coefficient (Wildman–Crippen LogP) is 3.87. The SMILES string of the molecule is CCOC(=O)C1=C(CCO[Si](C)(C)C(C)(C)C)C(=O)C(C)C1. The van der Waals surface area contributed by atoms with Gasteiger partial charge in [0.15, 0.2) is 14.1 Å². The second-order valence-electron chi connectivity index (χ2n) is 7.51. The van der Waals surface area contributed by atoms with E-state index in [1.165, 1.54) is 0 Å². The van der Waals surface area contributed by atoms with Crippen LogP contribution in [0.4, 0.5) is 0 Å². The lowest BCUT2D eigenvalue weighted by Crippen LogP contribution is -2.41. The van der Waals surface area contributed by atoms with Crippen LogP contribution in [0.1, 0.15) is 47.5 Å². The number of hydrogen-bond donors (Lipinski definition) is 0. The van der Waals surface area contributed by atoms with Gasteiger partial charge in [-0.1, -0.05) is 27.7 Å². The minimum atomic E-state index is -1.83. The van der Waals surface area contributed by atoms with Crippen molar-refractivity contribution in [3.8, 4) is 0 Å². The van der Waals surface area contributed by atoms with Crippen molar-refractivity contribution in [2.75, 3.05) is 13.2 Å². The van der Waals surface area contributed by atoms with Crippen LogP contribution in [0.25, 0.3) is 0 Å². The van der Waals surface area contributed by atoms with Crippen LogP contribution < -0.4 is 0 Å². The summed E-state index contributed by atoms with van der Waals surface area (Å²) in [4.78, 5) is 24.3. The Balaban J connectivity index is 2.78. The Labute approximate surface area is 135 Å². The molecule has 1 aliphatic rings. The Morgan fingerprint density at radius 3 is 2.41 bits per heavy atom. The molecule has 126 valence electrons. The minimum absolute atomic E-state index is 0.0712. The first-order chi connectivity index (χ1) is 10.0. The van der Waals surface area contributed by atoms with Gasteiger partial charge in [-0.25, -0.2) is 4.79 Å². The molecular formula is C17H30O4Si. The minimum Gasteiger partial charge on any atom is -0.463 e. The van der Waals surface area contributed by atoms with Crippen molar-refractivity contribution in [1.29, 1.82) is 0 Å². The summed E-state index contributed by atoms with van der Waals surface area (Å²) in [5.41, 5.74) is 1.17. The fraction of sp³-hybridized carbons (Fsp3) is 0.765. The van der Waals surface area contributed by atoms with Crippen LogP contribution in [0.5, 0.6) is 0 Å². The van der Waals surface area contributed by atoms with Crippen molar-refractivity contribution < 1.29 is 18.8 Å². The fourth-order valence-electron chi connectivity index (χ4n) is 2.29. The summed E-state index contributed by atoms with van der Waals surface area (Å²) >= 11 is 0. The van der Waals surface area contributed by atoms with E-state index in [0.717, 1.165) is 0 Å². The van der Waals surface area contributed by atoms with E-state index in [0.29, 0.717) is 37.2 Å². The largest absolute Gasteiger partial charge is 0.463 e. The van der Waals surface area contributed by atoms with Gasteiger partial charge < -0.3 is 9.16 Å². The second-order valence-corrected chi connectivity index (χ2v) is 12.3. The molecule has 0 fully saturated rings. The van der Waals surface area contributed by atoms with E-state index < -0.39 is 8.32 Å². The lowest BCUT2D eigenvalue weighted by molar-refractivity contribution is -0.138. The highest BCUT2D eigenvalue weighted by Gasteiger charge is 2.38. The van der Waals surface area contributed by atoms with Gasteiger partial charge in [0.1, 0.15) is 0 Å². The molecule has 0 spiro atoms. The molecule has 0 amide bonds. The molecule has 0 aromatic carbocycles. The van der Waals surface area contributed by atoms with Crippen molar-refractivity contribution in [1.82, 2.24) is 0 Å². The molecule has 0 saturated heterocycles. The molecule has 0 heterocycles. The average Bonchev–Trinajstić information content (AvgIpc) is 2.66. The molecule has 1 atom stereocenters. The topological polar surface area (TPSA) is 52.6 Å². The molecule has 4 nitrogen and oxygen atoms in total. The summed E-state index contributed by atoms with van der Waals surface area (Å²) in [6, 6.07) is 0. The standard InChI is InChI=1S/C17H30O4Si/c1-8-20-16(19)14-11-12(2)15(18)13(14)9-10-21-22(6,7)17(3,4)5/h12H,8-11H2,1-7H3. The van der Waals surface area contributed by atoms with E-state index in [2.05, 4.69) is 33.9 Å². The summed E-state index contributed by atoms with van der Waals surface area (Å²) in [5.74, 6) is -0.397. The summed E-state index contributed by atoms with van der Waals surface area (Å²) in [7, 11) is -1.83. The summed E-state index contributed by atoms with van der Waals surface area (Å²) in [5, 5.41) is 0.137. The third-order valence-corrected chi connectivity index (χ3v) is 9.30. The number of ketones is 1. The van der Waals surface area contributed by atoms with E-state index in [1.54, 1.807) is 6.92 Å². The summed E-state index contributed by atoms with van der Waals surface area (Å²) < 4.78 is 11.2. The van der Waals surface area contributed by atoms with Crippen molar-refractivity contribution >= 4 is 20.1 Å². The number of rotatable bonds is 6. The Hall–Kier alpha value is -0.943. The van der Waals surface area contributed by atoms with Crippen LogP contribution in [-0.2, 0) is 18.8 Å². The lowest BCUT2D eigenvalue weighted by atomic mass is 10.1. The molecule has 0 aromatic rings. The van der Waals surface area contributed by atoms with Crippen molar-refractivity contribution in [2.45, 2.75) is 65.6 Å². The first-order valence-electron chi connectivity index (χ1n) is 8.08. The number of esters is 1. The zero-order chi connectivity index (χ0) is 17.1. The number of carbonyl (C=O) groups excluding carboxylic acids is 2. The Bertz CT molecular complexity index is 472. The molecule has 0 radical (unpaired) electrons. The fourth-order valence-corrected chi connectivity index (χ4v) is 3.34. The van der Waals surface area contributed by atoms with Crippen molar-refractivity contribution in [3.05, 3.63) is 11.1 Å². The van der Waals surface area contributed by atoms with Crippen LogP contribution in [0, 0.1) is 5.92 Å². The first-order valence-corrected chi connectivity index (χ1v) is 11.0. The highest BCUT2D eigenvalue weighted by molar-refractivity contribution is 6.74. The maximum atomic E-state index is 12.3. The number of hydrogen-bond acceptors (Lipinski definition) is 4. The van der Waals surface area contributed by atoms with E-state index >= 15 is 0 Å². The second kappa shape index (κ2) is 7.09. The molecule has 0 saturated carbocycles. The molecule has 22 heavy (non-hydrogen) atoms. The lowest BCUT2D eigenvalue weighted by Gasteiger charge is -2.36. The Morgan fingerprint density at radius 1 is 1.32 bits per heavy atom. The molecular weight excluding hydrogens is 296 g/mol. The molecule has 0 aliphatic heterocycles. The van der Waals surface area contributed by atoms with Gasteiger partial charge in [-0.15, -0.1) is 0 Å². The third-order valence-electron chi connectivity index (χ3n) is 4.76. The predicted molar refractivity (Wildman–Crippen MR) is 90.2 cm³/mol. The van der Waals surface area contributed by atoms with Gasteiger partial charge in [0, 0.05) is 23.7 Å². The Morgan fingerprint density at radius 2 is 1.91 bits per heavy atom. The number of ether oxygens (including phenoxy) is 1. The van der Waals surface area contributed by atoms with Gasteiger partial charge in [-0.05, 0) is 37.9 Å². The zero-order valence-electron chi connectivity index (χ0n) is 15.0. The molecule has 0 aromatic heterocycles. The van der Waals surface area contributed by atoms with Crippen LogP contribution in [-0.4, -0.2) is 33.3 Å². The molecule has 1 rings (SSSR count). The number of Topliss-reactive ketones (excluding diaryl/α,β-unsaturated/α-hetero) is 1. The summed E-state index contributed by atoms with van der Waals surface area (Å²) in [6.45, 7) is 15.4. The van der Waals surface area contributed by atoms with Crippen LogP contribution in [0.2, 0.25) is 18.1 Å². The third kappa shape index (κ3) is 4.29. The van der Waals surface area contributed by atoms with Crippen molar-refractivity contribution in [2.24, 2.45) is 5.92 Å². The maximum absolute atomic E-state index is 12.3. The van der Waals surface area contributed by atoms with Gasteiger partial charge in [-0.3, -0.25) is 4.79 Å². The van der Waals surface area contributed by atoms with E-state index in [1.807, 2.05) is 6.92 Å².